The number of benzene rings is 1. The molecule has 3 aromatic rings. The Labute approximate surface area is 173 Å². The van der Waals surface area contributed by atoms with E-state index in [1.807, 2.05) is 0 Å². The van der Waals surface area contributed by atoms with Gasteiger partial charge in [-0.2, -0.15) is 9.78 Å². The number of anilines is 1. The lowest BCUT2D eigenvalue weighted by Crippen LogP contribution is -2.26. The van der Waals surface area contributed by atoms with Crippen molar-refractivity contribution in [3.8, 4) is 17.2 Å². The second-order valence-corrected chi connectivity index (χ2v) is 7.21. The normalized spacial score (nSPS) is 16.4. The van der Waals surface area contributed by atoms with Crippen molar-refractivity contribution >= 4 is 17.3 Å². The monoisotopic (exact) mass is 412 g/mol. The summed E-state index contributed by atoms with van der Waals surface area (Å²) in [6.45, 7) is 2.25. The first-order valence-corrected chi connectivity index (χ1v) is 9.86. The molecular weight excluding hydrogens is 392 g/mol. The van der Waals surface area contributed by atoms with Crippen LogP contribution in [0, 0.1) is 5.92 Å². The first-order valence-electron chi connectivity index (χ1n) is 9.48. The van der Waals surface area contributed by atoms with Crippen LogP contribution in [0.1, 0.15) is 12.8 Å². The highest BCUT2D eigenvalue weighted by Crippen LogP contribution is 2.23. The minimum Gasteiger partial charge on any atom is -0.457 e. The van der Waals surface area contributed by atoms with E-state index in [1.165, 1.54) is 4.68 Å². The van der Waals surface area contributed by atoms with Crippen LogP contribution in [-0.2, 0) is 4.74 Å². The second kappa shape index (κ2) is 9.07. The molecule has 1 aliphatic rings. The minimum atomic E-state index is -0.376. The topological polar surface area (TPSA) is 78.3 Å². The van der Waals surface area contributed by atoms with E-state index in [4.69, 9.17) is 21.1 Å². The SMILES string of the molecule is O=c1c(Cl)c(NC[C@@H]2CCCOC2)cnn1-c1ccc(Oc2ccncc2)cc1. The van der Waals surface area contributed by atoms with Crippen LogP contribution in [0.4, 0.5) is 5.69 Å². The van der Waals surface area contributed by atoms with Gasteiger partial charge in [-0.1, -0.05) is 11.6 Å². The molecule has 0 aliphatic carbocycles. The number of nitrogens with zero attached hydrogens (tertiary/aromatic N) is 3. The van der Waals surface area contributed by atoms with E-state index in [1.54, 1.807) is 55.0 Å². The van der Waals surface area contributed by atoms with Crippen molar-refractivity contribution in [2.24, 2.45) is 5.92 Å². The van der Waals surface area contributed by atoms with Crippen molar-refractivity contribution in [2.75, 3.05) is 25.1 Å². The number of aromatic nitrogens is 3. The van der Waals surface area contributed by atoms with Crippen molar-refractivity contribution in [3.05, 3.63) is 70.4 Å². The van der Waals surface area contributed by atoms with Gasteiger partial charge in [0, 0.05) is 25.5 Å². The van der Waals surface area contributed by atoms with Crippen LogP contribution in [0.2, 0.25) is 5.02 Å². The summed E-state index contributed by atoms with van der Waals surface area (Å²) in [5.41, 5.74) is 0.765. The molecule has 0 radical (unpaired) electrons. The van der Waals surface area contributed by atoms with Gasteiger partial charge in [0.25, 0.3) is 5.56 Å². The lowest BCUT2D eigenvalue weighted by molar-refractivity contribution is 0.0595. The van der Waals surface area contributed by atoms with Gasteiger partial charge >= 0.3 is 0 Å². The molecule has 0 spiro atoms. The third-order valence-electron chi connectivity index (χ3n) is 4.72. The first-order chi connectivity index (χ1) is 14.2. The number of rotatable bonds is 6. The summed E-state index contributed by atoms with van der Waals surface area (Å²) >= 11 is 6.31. The summed E-state index contributed by atoms with van der Waals surface area (Å²) in [6, 6.07) is 10.6. The van der Waals surface area contributed by atoms with Crippen molar-refractivity contribution in [3.63, 3.8) is 0 Å². The Bertz CT molecular complexity index is 1000. The Hall–Kier alpha value is -2.90. The number of hydrogen-bond donors (Lipinski definition) is 1. The van der Waals surface area contributed by atoms with Crippen molar-refractivity contribution in [1.82, 2.24) is 14.8 Å². The van der Waals surface area contributed by atoms with Gasteiger partial charge in [-0.15, -0.1) is 0 Å². The van der Waals surface area contributed by atoms with Crippen LogP contribution in [0.15, 0.2) is 59.8 Å². The smallest absolute Gasteiger partial charge is 0.292 e. The molecule has 1 atom stereocenters. The van der Waals surface area contributed by atoms with E-state index < -0.39 is 0 Å². The van der Waals surface area contributed by atoms with Gasteiger partial charge in [0.05, 0.1) is 24.2 Å². The fourth-order valence-corrected chi connectivity index (χ4v) is 3.36. The summed E-state index contributed by atoms with van der Waals surface area (Å²) in [6.07, 6.45) is 7.05. The molecule has 29 heavy (non-hydrogen) atoms. The molecule has 2 aromatic heterocycles. The minimum absolute atomic E-state index is 0.119. The molecule has 8 heteroatoms. The quantitative estimate of drug-likeness (QED) is 0.661. The molecule has 0 unspecified atom stereocenters. The Kier molecular flexibility index (Phi) is 6.07. The summed E-state index contributed by atoms with van der Waals surface area (Å²) in [5, 5.41) is 7.61. The molecule has 0 bridgehead atoms. The fourth-order valence-electron chi connectivity index (χ4n) is 3.16. The van der Waals surface area contributed by atoms with E-state index in [-0.39, 0.29) is 10.6 Å². The van der Waals surface area contributed by atoms with Crippen LogP contribution >= 0.6 is 11.6 Å². The molecule has 0 saturated carbocycles. The molecule has 1 N–H and O–H groups in total. The van der Waals surface area contributed by atoms with Gasteiger partial charge in [-0.3, -0.25) is 9.78 Å². The zero-order valence-electron chi connectivity index (χ0n) is 15.8. The number of pyridine rings is 1. The number of hydrogen-bond acceptors (Lipinski definition) is 6. The maximum absolute atomic E-state index is 12.7. The highest BCUT2D eigenvalue weighted by molar-refractivity contribution is 6.32. The van der Waals surface area contributed by atoms with Gasteiger partial charge in [0.1, 0.15) is 16.5 Å². The molecule has 1 aliphatic heterocycles. The number of halogens is 1. The third-order valence-corrected chi connectivity index (χ3v) is 5.09. The van der Waals surface area contributed by atoms with E-state index in [0.717, 1.165) is 26.1 Å². The molecule has 3 heterocycles. The molecular formula is C21H21ClN4O3. The molecule has 1 saturated heterocycles. The van der Waals surface area contributed by atoms with Crippen LogP contribution in [-0.4, -0.2) is 34.5 Å². The van der Waals surface area contributed by atoms with E-state index in [9.17, 15) is 4.79 Å². The highest BCUT2D eigenvalue weighted by atomic mass is 35.5. The Morgan fingerprint density at radius 3 is 2.66 bits per heavy atom. The molecule has 0 amide bonds. The van der Waals surface area contributed by atoms with Gasteiger partial charge in [-0.05, 0) is 55.2 Å². The average molecular weight is 413 g/mol. The fraction of sp³-hybridized carbons (Fsp3) is 0.286. The van der Waals surface area contributed by atoms with Gasteiger partial charge in [0.15, 0.2) is 0 Å². The van der Waals surface area contributed by atoms with Gasteiger partial charge in [-0.25, -0.2) is 0 Å². The Morgan fingerprint density at radius 1 is 1.17 bits per heavy atom. The molecule has 7 nitrogen and oxygen atoms in total. The van der Waals surface area contributed by atoms with E-state index >= 15 is 0 Å². The summed E-state index contributed by atoms with van der Waals surface area (Å²) < 4.78 is 12.5. The lowest BCUT2D eigenvalue weighted by Gasteiger charge is -2.22. The maximum Gasteiger partial charge on any atom is 0.292 e. The van der Waals surface area contributed by atoms with E-state index in [0.29, 0.717) is 35.3 Å². The zero-order valence-corrected chi connectivity index (χ0v) is 16.5. The Balaban J connectivity index is 1.46. The predicted octanol–water partition coefficient (Wildman–Crippen LogP) is 3.91. The molecule has 4 rings (SSSR count). The highest BCUT2D eigenvalue weighted by Gasteiger charge is 2.16. The van der Waals surface area contributed by atoms with Crippen LogP contribution < -0.4 is 15.6 Å². The molecule has 150 valence electrons. The van der Waals surface area contributed by atoms with Crippen molar-refractivity contribution in [2.45, 2.75) is 12.8 Å². The van der Waals surface area contributed by atoms with E-state index in [2.05, 4.69) is 15.4 Å². The molecule has 1 aromatic carbocycles. The first kappa shape index (κ1) is 19.4. The van der Waals surface area contributed by atoms with Gasteiger partial charge in [0.2, 0.25) is 0 Å². The average Bonchev–Trinajstić information content (AvgIpc) is 2.77. The third kappa shape index (κ3) is 4.75. The zero-order chi connectivity index (χ0) is 20.1. The second-order valence-electron chi connectivity index (χ2n) is 6.83. The Morgan fingerprint density at radius 2 is 1.93 bits per heavy atom. The van der Waals surface area contributed by atoms with Crippen molar-refractivity contribution in [1.29, 1.82) is 0 Å². The summed E-state index contributed by atoms with van der Waals surface area (Å²) in [5.74, 6) is 1.74. The largest absolute Gasteiger partial charge is 0.457 e. The standard InChI is InChI=1S/C21H21ClN4O3/c22-20-19(24-12-15-2-1-11-28-14-15)13-25-26(21(20)27)16-3-5-17(6-4-16)29-18-7-9-23-10-8-18/h3-10,13,15,24H,1-2,11-12,14H2/t15-/m0/s1. The summed E-state index contributed by atoms with van der Waals surface area (Å²) in [4.78, 5) is 16.6. The number of ether oxygens (including phenoxy) is 2. The summed E-state index contributed by atoms with van der Waals surface area (Å²) in [7, 11) is 0. The maximum atomic E-state index is 12.7. The van der Waals surface area contributed by atoms with Crippen molar-refractivity contribution < 1.29 is 9.47 Å². The number of nitrogens with one attached hydrogen (secondary N) is 1. The predicted molar refractivity (Wildman–Crippen MR) is 111 cm³/mol. The van der Waals surface area contributed by atoms with Crippen LogP contribution in [0.5, 0.6) is 11.5 Å². The van der Waals surface area contributed by atoms with Gasteiger partial charge < -0.3 is 14.8 Å². The van der Waals surface area contributed by atoms with Crippen LogP contribution in [0.3, 0.4) is 0 Å². The van der Waals surface area contributed by atoms with Crippen LogP contribution in [0.25, 0.3) is 5.69 Å². The lowest BCUT2D eigenvalue weighted by atomic mass is 10.0. The molecule has 1 fully saturated rings.